The van der Waals surface area contributed by atoms with Gasteiger partial charge in [0.15, 0.2) is 0 Å². The van der Waals surface area contributed by atoms with Gasteiger partial charge in [0.05, 0.1) is 5.56 Å². The molecule has 34 heavy (non-hydrogen) atoms. The average Bonchev–Trinajstić information content (AvgIpc) is 3.52. The van der Waals surface area contributed by atoms with Gasteiger partial charge in [-0.2, -0.15) is 18.4 Å². The molecule has 1 aromatic heterocycles. The molecule has 1 aliphatic heterocycles. The van der Waals surface area contributed by atoms with Crippen LogP contribution in [0.15, 0.2) is 17.0 Å². The lowest BCUT2D eigenvalue weighted by molar-refractivity contribution is -0.139. The molecule has 0 bridgehead atoms. The number of benzene rings is 1. The zero-order valence-electron chi connectivity index (χ0n) is 18.5. The van der Waals surface area contributed by atoms with Crippen LogP contribution < -0.4 is 15.8 Å². The quantitative estimate of drug-likeness (QED) is 0.495. The summed E-state index contributed by atoms with van der Waals surface area (Å²) < 4.78 is 65.9. The number of nitrogens with one attached hydrogen (secondary N) is 3. The molecule has 2 saturated carbocycles. The van der Waals surface area contributed by atoms with Crippen molar-refractivity contribution < 1.29 is 21.6 Å². The highest BCUT2D eigenvalue weighted by Gasteiger charge is 2.42. The lowest BCUT2D eigenvalue weighted by Crippen LogP contribution is -2.43. The zero-order valence-corrected chi connectivity index (χ0v) is 19.3. The number of aromatic nitrogens is 4. The lowest BCUT2D eigenvalue weighted by atomic mass is 9.79. The van der Waals surface area contributed by atoms with E-state index in [0.717, 1.165) is 31.9 Å². The number of rotatable bonds is 5. The molecular weight excluding hydrogens is 471 g/mol. The smallest absolute Gasteiger partial charge is 0.314 e. The molecule has 1 saturated heterocycles. The fourth-order valence-electron chi connectivity index (χ4n) is 6.19. The Morgan fingerprint density at radius 1 is 1.06 bits per heavy atom. The Bertz CT molecular complexity index is 1130. The van der Waals surface area contributed by atoms with E-state index < -0.39 is 26.7 Å². The third-order valence-corrected chi connectivity index (χ3v) is 8.67. The first-order valence-corrected chi connectivity index (χ1v) is 13.2. The lowest BCUT2D eigenvalue weighted by Gasteiger charge is -2.34. The second-order valence-corrected chi connectivity index (χ2v) is 11.1. The summed E-state index contributed by atoms with van der Waals surface area (Å²) in [6, 6.07) is 3.58. The number of halogens is 3. The van der Waals surface area contributed by atoms with E-state index in [9.17, 15) is 21.6 Å². The summed E-state index contributed by atoms with van der Waals surface area (Å²) in [6.45, 7) is 1.07. The molecule has 5 N–H and O–H groups in total. The van der Waals surface area contributed by atoms with E-state index in [1.165, 1.54) is 18.9 Å². The van der Waals surface area contributed by atoms with E-state index in [0.29, 0.717) is 42.4 Å². The molecule has 3 aliphatic rings. The molecule has 1 aromatic carbocycles. The van der Waals surface area contributed by atoms with Crippen LogP contribution >= 0.6 is 0 Å². The van der Waals surface area contributed by atoms with Crippen molar-refractivity contribution in [3.8, 4) is 11.4 Å². The van der Waals surface area contributed by atoms with Gasteiger partial charge in [0.25, 0.3) is 0 Å². The number of nitrogens with two attached hydrogens (primary N) is 1. The Labute approximate surface area is 195 Å². The average molecular weight is 500 g/mol. The van der Waals surface area contributed by atoms with E-state index in [1.807, 2.05) is 0 Å². The van der Waals surface area contributed by atoms with Gasteiger partial charge in [-0.25, -0.2) is 13.6 Å². The Hall–Kier alpha value is -2.09. The number of H-pyrrole nitrogens is 1. The number of aromatic amines is 1. The number of alkyl halides is 3. The minimum absolute atomic E-state index is 0.140. The van der Waals surface area contributed by atoms with Gasteiger partial charge < -0.3 is 10.6 Å². The van der Waals surface area contributed by atoms with Crippen LogP contribution in [0.1, 0.15) is 62.0 Å². The van der Waals surface area contributed by atoms with Crippen LogP contribution in [-0.4, -0.2) is 53.7 Å². The highest BCUT2D eigenvalue weighted by Crippen LogP contribution is 2.45. The molecule has 2 aliphatic carbocycles. The Kier molecular flexibility index (Phi) is 6.15. The summed E-state index contributed by atoms with van der Waals surface area (Å²) in [5.41, 5.74) is -1.08. The third-order valence-electron chi connectivity index (χ3n) is 7.67. The maximum Gasteiger partial charge on any atom is 0.417 e. The molecule has 9 nitrogen and oxygen atoms in total. The summed E-state index contributed by atoms with van der Waals surface area (Å²) in [5.74, 6) is 0.310. The second kappa shape index (κ2) is 8.85. The Morgan fingerprint density at radius 3 is 2.47 bits per heavy atom. The fraction of sp³-hybridized carbons (Fsp3) is 0.667. The van der Waals surface area contributed by atoms with Crippen LogP contribution in [0, 0.1) is 5.92 Å². The Balaban J connectivity index is 1.42. The molecule has 3 fully saturated rings. The van der Waals surface area contributed by atoms with Gasteiger partial charge in [-0.05, 0) is 80.2 Å². The predicted octanol–water partition coefficient (Wildman–Crippen LogP) is 2.29. The van der Waals surface area contributed by atoms with Crippen molar-refractivity contribution in [2.45, 2.75) is 80.1 Å². The van der Waals surface area contributed by atoms with Crippen molar-refractivity contribution in [3.63, 3.8) is 0 Å². The molecule has 2 aromatic rings. The maximum atomic E-state index is 13.7. The molecule has 3 atom stereocenters. The minimum Gasteiger partial charge on any atom is -0.314 e. The van der Waals surface area contributed by atoms with Gasteiger partial charge >= 0.3 is 6.18 Å². The van der Waals surface area contributed by atoms with Crippen molar-refractivity contribution in [2.75, 3.05) is 6.54 Å². The zero-order chi connectivity index (χ0) is 24.1. The van der Waals surface area contributed by atoms with Crippen molar-refractivity contribution in [1.82, 2.24) is 31.3 Å². The van der Waals surface area contributed by atoms with Crippen LogP contribution in [0.25, 0.3) is 11.4 Å². The normalized spacial score (nSPS) is 29.9. The van der Waals surface area contributed by atoms with Gasteiger partial charge in [0, 0.05) is 23.7 Å². The largest absolute Gasteiger partial charge is 0.417 e. The number of sulfonamides is 1. The van der Waals surface area contributed by atoms with E-state index in [-0.39, 0.29) is 17.3 Å². The van der Waals surface area contributed by atoms with Gasteiger partial charge in [0.2, 0.25) is 15.8 Å². The third kappa shape index (κ3) is 4.45. The van der Waals surface area contributed by atoms with E-state index in [1.54, 1.807) is 0 Å². The number of fused-ring (bicyclic) bond motifs is 1. The first-order valence-electron chi connectivity index (χ1n) is 11.6. The van der Waals surface area contributed by atoms with Crippen molar-refractivity contribution in [3.05, 3.63) is 23.3 Å². The molecule has 13 heteroatoms. The highest BCUT2D eigenvalue weighted by molar-refractivity contribution is 7.89. The van der Waals surface area contributed by atoms with Crippen molar-refractivity contribution in [1.29, 1.82) is 0 Å². The van der Waals surface area contributed by atoms with Crippen LogP contribution in [0.2, 0.25) is 0 Å². The second-order valence-electron chi connectivity index (χ2n) is 9.60. The van der Waals surface area contributed by atoms with Gasteiger partial charge in [-0.1, -0.05) is 6.07 Å². The molecular formula is C21H28F3N7O2S. The van der Waals surface area contributed by atoms with E-state index in [4.69, 9.17) is 5.14 Å². The summed E-state index contributed by atoms with van der Waals surface area (Å²) >= 11 is 0. The molecule has 0 amide bonds. The van der Waals surface area contributed by atoms with Crippen LogP contribution in [0.5, 0.6) is 0 Å². The van der Waals surface area contributed by atoms with Crippen molar-refractivity contribution in [2.24, 2.45) is 11.1 Å². The van der Waals surface area contributed by atoms with Gasteiger partial charge in [-0.15, -0.1) is 10.2 Å². The first-order chi connectivity index (χ1) is 16.1. The summed E-state index contributed by atoms with van der Waals surface area (Å²) in [7, 11) is -4.73. The standard InChI is InChI=1S/C21H28F3N7O2S/c22-21(23,24)15-6-5-13(18(19(15)34(25,32)33)20-28-30-31-29-20)11-1-3-12(4-2-11)27-17-8-7-16-14(17)9-10-26-16/h5-6,11-12,14,16-17,26-27H,1-4,7-10H2,(H2,25,32,33)(H,28,29,30,31)/t11?,12?,14-,16?,17?/m1/s1. The molecule has 0 radical (unpaired) electrons. The summed E-state index contributed by atoms with van der Waals surface area (Å²) in [6.07, 6.45) is 1.73. The molecule has 0 spiro atoms. The summed E-state index contributed by atoms with van der Waals surface area (Å²) in [4.78, 5) is -0.995. The van der Waals surface area contributed by atoms with Crippen LogP contribution in [-0.2, 0) is 16.2 Å². The van der Waals surface area contributed by atoms with Crippen molar-refractivity contribution >= 4 is 10.0 Å². The highest BCUT2D eigenvalue weighted by atomic mass is 32.2. The number of tetrazole rings is 1. The predicted molar refractivity (Wildman–Crippen MR) is 117 cm³/mol. The molecule has 5 rings (SSSR count). The number of hydrogen-bond donors (Lipinski definition) is 4. The topological polar surface area (TPSA) is 139 Å². The summed E-state index contributed by atoms with van der Waals surface area (Å²) in [5, 5.41) is 25.9. The van der Waals surface area contributed by atoms with Gasteiger partial charge in [0.1, 0.15) is 4.90 Å². The van der Waals surface area contributed by atoms with E-state index >= 15 is 0 Å². The maximum absolute atomic E-state index is 13.7. The number of hydrogen-bond acceptors (Lipinski definition) is 7. The first kappa shape index (κ1) is 23.6. The molecule has 2 unspecified atom stereocenters. The van der Waals surface area contributed by atoms with Gasteiger partial charge in [-0.3, -0.25) is 0 Å². The molecule has 2 heterocycles. The fourth-order valence-corrected chi connectivity index (χ4v) is 7.18. The monoisotopic (exact) mass is 499 g/mol. The number of primary sulfonamides is 1. The Morgan fingerprint density at radius 2 is 1.82 bits per heavy atom. The molecule has 186 valence electrons. The van der Waals surface area contributed by atoms with Crippen LogP contribution in [0.3, 0.4) is 0 Å². The van der Waals surface area contributed by atoms with E-state index in [2.05, 4.69) is 31.3 Å². The SMILES string of the molecule is NS(=O)(=O)c1c(C(F)(F)F)ccc(C2CCC(NC3CCC4NCC[C@H]43)CC2)c1-c1nn[nH]n1. The minimum atomic E-state index is -4.91. The van der Waals surface area contributed by atoms with Crippen LogP contribution in [0.4, 0.5) is 13.2 Å². The number of nitrogens with zero attached hydrogens (tertiary/aromatic N) is 3.